The minimum absolute atomic E-state index is 0.0415. The molecule has 0 aliphatic rings. The van der Waals surface area contributed by atoms with Gasteiger partial charge in [0.1, 0.15) is 4.21 Å². The average molecular weight is 361 g/mol. The van der Waals surface area contributed by atoms with Crippen LogP contribution in [0.25, 0.3) is 10.1 Å². The molecule has 2 N–H and O–H groups in total. The number of nitrogens with one attached hydrogen (secondary N) is 1. The normalized spacial score (nSPS) is 11.5. The maximum Gasteiger partial charge on any atom is 0.247 e. The fraction of sp³-hybridized carbons (Fsp3) is 0.118. The van der Waals surface area contributed by atoms with Gasteiger partial charge in [-0.25, -0.2) is 13.9 Å². The maximum absolute atomic E-state index is 12.6. The van der Waals surface area contributed by atoms with Crippen LogP contribution in [0.5, 0.6) is 0 Å². The second kappa shape index (κ2) is 6.72. The van der Waals surface area contributed by atoms with Crippen molar-refractivity contribution in [1.29, 1.82) is 0 Å². The van der Waals surface area contributed by atoms with Crippen molar-refractivity contribution in [2.75, 3.05) is 0 Å². The van der Waals surface area contributed by atoms with E-state index in [4.69, 9.17) is 5.21 Å². The molecular weight excluding hydrogens is 346 g/mol. The van der Waals surface area contributed by atoms with Gasteiger partial charge in [0, 0.05) is 4.70 Å². The second-order valence-electron chi connectivity index (χ2n) is 5.39. The number of hydrogen-bond donors (Lipinski definition) is 2. The van der Waals surface area contributed by atoms with Crippen molar-refractivity contribution in [1.82, 2.24) is 5.48 Å². The molecule has 24 heavy (non-hydrogen) atoms. The van der Waals surface area contributed by atoms with Crippen LogP contribution in [0, 0.1) is 0 Å². The zero-order valence-electron chi connectivity index (χ0n) is 12.6. The Labute approximate surface area is 143 Å². The first-order chi connectivity index (χ1) is 11.5. The van der Waals surface area contributed by atoms with Crippen molar-refractivity contribution in [2.24, 2.45) is 0 Å². The monoisotopic (exact) mass is 361 g/mol. The van der Waals surface area contributed by atoms with E-state index in [2.05, 4.69) is 0 Å². The number of hydrogen-bond acceptors (Lipinski definition) is 5. The molecule has 0 saturated heterocycles. The number of sulfone groups is 1. The van der Waals surface area contributed by atoms with Gasteiger partial charge in [0.15, 0.2) is 9.84 Å². The molecule has 0 unspecified atom stereocenters. The summed E-state index contributed by atoms with van der Waals surface area (Å²) in [5.41, 5.74) is 2.92. The summed E-state index contributed by atoms with van der Waals surface area (Å²) in [7, 11) is -3.42. The molecule has 124 valence electrons. The van der Waals surface area contributed by atoms with Crippen molar-refractivity contribution >= 4 is 37.2 Å². The van der Waals surface area contributed by atoms with Crippen LogP contribution < -0.4 is 5.48 Å². The Morgan fingerprint density at radius 2 is 1.71 bits per heavy atom. The molecule has 0 radical (unpaired) electrons. The van der Waals surface area contributed by atoms with E-state index in [9.17, 15) is 13.2 Å². The van der Waals surface area contributed by atoms with Gasteiger partial charge in [-0.1, -0.05) is 42.5 Å². The van der Waals surface area contributed by atoms with E-state index in [0.717, 1.165) is 10.1 Å². The average Bonchev–Trinajstić information content (AvgIpc) is 3.01. The molecule has 0 spiro atoms. The number of carbonyl (C=O) groups excluding carboxylic acids is 1. The molecule has 0 aliphatic carbocycles. The van der Waals surface area contributed by atoms with Crippen LogP contribution in [0.15, 0.2) is 58.8 Å². The van der Waals surface area contributed by atoms with Crippen LogP contribution in [0.4, 0.5) is 0 Å². The topological polar surface area (TPSA) is 83.5 Å². The van der Waals surface area contributed by atoms with Crippen LogP contribution in [0.2, 0.25) is 0 Å². The van der Waals surface area contributed by atoms with Crippen molar-refractivity contribution in [2.45, 2.75) is 16.4 Å². The summed E-state index contributed by atoms with van der Waals surface area (Å²) in [6.07, 6.45) is 0.0415. The Balaban J connectivity index is 1.80. The lowest BCUT2D eigenvalue weighted by molar-refractivity contribution is -0.128. The summed E-state index contributed by atoms with van der Waals surface area (Å²) in [5, 5.41) is 9.43. The highest BCUT2D eigenvalue weighted by Gasteiger charge is 2.18. The number of benzene rings is 2. The highest BCUT2D eigenvalue weighted by atomic mass is 32.2. The summed E-state index contributed by atoms with van der Waals surface area (Å²) >= 11 is 1.27. The minimum Gasteiger partial charge on any atom is -0.289 e. The SMILES string of the molecule is O=C(Cc1ccc(CS(=O)(=O)c2cc3ccccc3s2)cc1)NO. The van der Waals surface area contributed by atoms with E-state index < -0.39 is 15.7 Å². The van der Waals surface area contributed by atoms with Gasteiger partial charge >= 0.3 is 0 Å². The number of amides is 1. The third-order valence-electron chi connectivity index (χ3n) is 3.58. The van der Waals surface area contributed by atoms with E-state index in [0.29, 0.717) is 15.3 Å². The largest absolute Gasteiger partial charge is 0.289 e. The summed E-state index contributed by atoms with van der Waals surface area (Å²) in [6, 6.07) is 16.0. The van der Waals surface area contributed by atoms with Gasteiger partial charge in [-0.2, -0.15) is 0 Å². The Bertz CT molecular complexity index is 942. The van der Waals surface area contributed by atoms with E-state index in [1.54, 1.807) is 35.8 Å². The van der Waals surface area contributed by atoms with Gasteiger partial charge in [0.2, 0.25) is 5.91 Å². The molecule has 0 atom stereocenters. The quantitative estimate of drug-likeness (QED) is 0.541. The zero-order valence-corrected chi connectivity index (χ0v) is 14.2. The predicted octanol–water partition coefficient (Wildman–Crippen LogP) is 2.92. The van der Waals surface area contributed by atoms with Gasteiger partial charge in [-0.3, -0.25) is 10.0 Å². The molecule has 0 saturated carbocycles. The lowest BCUT2D eigenvalue weighted by Gasteiger charge is -2.04. The van der Waals surface area contributed by atoms with Gasteiger partial charge in [-0.15, -0.1) is 11.3 Å². The third-order valence-corrected chi connectivity index (χ3v) is 6.95. The first-order valence-corrected chi connectivity index (χ1v) is 9.67. The van der Waals surface area contributed by atoms with E-state index in [1.165, 1.54) is 11.3 Å². The lowest BCUT2D eigenvalue weighted by Crippen LogP contribution is -2.20. The first-order valence-electron chi connectivity index (χ1n) is 7.20. The number of thiophene rings is 1. The second-order valence-corrected chi connectivity index (χ2v) is 8.69. The zero-order chi connectivity index (χ0) is 17.2. The summed E-state index contributed by atoms with van der Waals surface area (Å²) in [5.74, 6) is -0.604. The molecule has 1 heterocycles. The number of rotatable bonds is 5. The highest BCUT2D eigenvalue weighted by Crippen LogP contribution is 2.30. The molecule has 1 amide bonds. The molecule has 2 aromatic carbocycles. The summed E-state index contributed by atoms with van der Waals surface area (Å²) in [6.45, 7) is 0. The maximum atomic E-state index is 12.6. The molecule has 0 bridgehead atoms. The predicted molar refractivity (Wildman–Crippen MR) is 92.8 cm³/mol. The summed E-state index contributed by atoms with van der Waals surface area (Å²) < 4.78 is 26.5. The lowest BCUT2D eigenvalue weighted by atomic mass is 10.1. The Morgan fingerprint density at radius 1 is 1.04 bits per heavy atom. The van der Waals surface area contributed by atoms with Gasteiger partial charge in [0.05, 0.1) is 12.2 Å². The van der Waals surface area contributed by atoms with Crippen molar-refractivity contribution in [3.63, 3.8) is 0 Å². The standard InChI is InChI=1S/C17H15NO4S2/c19-16(18-20)9-12-5-7-13(8-6-12)11-24(21,22)17-10-14-3-1-2-4-15(14)23-17/h1-8,10,20H,9,11H2,(H,18,19). The minimum atomic E-state index is -3.42. The smallest absolute Gasteiger partial charge is 0.247 e. The van der Waals surface area contributed by atoms with Crippen LogP contribution >= 0.6 is 11.3 Å². The van der Waals surface area contributed by atoms with Gasteiger partial charge < -0.3 is 0 Å². The Morgan fingerprint density at radius 3 is 2.38 bits per heavy atom. The van der Waals surface area contributed by atoms with Crippen molar-refractivity contribution < 1.29 is 18.4 Å². The molecule has 3 aromatic rings. The number of fused-ring (bicyclic) bond motifs is 1. The number of carbonyl (C=O) groups is 1. The molecule has 3 rings (SSSR count). The van der Waals surface area contributed by atoms with E-state index in [-0.39, 0.29) is 12.2 Å². The van der Waals surface area contributed by atoms with Crippen molar-refractivity contribution in [3.8, 4) is 0 Å². The van der Waals surface area contributed by atoms with Crippen LogP contribution in [0.1, 0.15) is 11.1 Å². The molecule has 0 aliphatic heterocycles. The van der Waals surface area contributed by atoms with E-state index >= 15 is 0 Å². The third kappa shape index (κ3) is 3.64. The van der Waals surface area contributed by atoms with E-state index in [1.807, 2.05) is 24.3 Å². The first kappa shape index (κ1) is 16.6. The van der Waals surface area contributed by atoms with Crippen molar-refractivity contribution in [3.05, 3.63) is 65.7 Å². The molecule has 5 nitrogen and oxygen atoms in total. The fourth-order valence-electron chi connectivity index (χ4n) is 2.38. The van der Waals surface area contributed by atoms with Crippen LogP contribution in [-0.2, 0) is 26.8 Å². The van der Waals surface area contributed by atoms with Crippen LogP contribution in [0.3, 0.4) is 0 Å². The van der Waals surface area contributed by atoms with Gasteiger partial charge in [0.25, 0.3) is 0 Å². The van der Waals surface area contributed by atoms with Gasteiger partial charge in [-0.05, 0) is 28.6 Å². The number of hydroxylamine groups is 1. The Hall–Kier alpha value is -2.22. The molecule has 1 aromatic heterocycles. The molecular formula is C17H15NO4S2. The fourth-order valence-corrected chi connectivity index (χ4v) is 5.21. The Kier molecular flexibility index (Phi) is 4.66. The molecule has 7 heteroatoms. The van der Waals surface area contributed by atoms with Crippen LogP contribution in [-0.4, -0.2) is 19.5 Å². The summed E-state index contributed by atoms with van der Waals surface area (Å²) in [4.78, 5) is 11.1. The molecule has 0 fully saturated rings. The highest BCUT2D eigenvalue weighted by molar-refractivity contribution is 7.92.